The quantitative estimate of drug-likeness (QED) is 0.661. The highest BCUT2D eigenvalue weighted by molar-refractivity contribution is 5.81. The van der Waals surface area contributed by atoms with Gasteiger partial charge in [-0.25, -0.2) is 4.98 Å². The monoisotopic (exact) mass is 420 g/mol. The molecule has 4 rings (SSSR count). The molecule has 2 N–H and O–H groups in total. The first-order valence-corrected chi connectivity index (χ1v) is 11.1. The Morgan fingerprint density at radius 2 is 1.94 bits per heavy atom. The molecule has 1 aliphatic heterocycles. The summed E-state index contributed by atoms with van der Waals surface area (Å²) >= 11 is 0. The van der Waals surface area contributed by atoms with Crippen LogP contribution in [-0.4, -0.2) is 46.3 Å². The molecule has 0 radical (unpaired) electrons. The van der Waals surface area contributed by atoms with E-state index in [-0.39, 0.29) is 17.1 Å². The number of benzene rings is 2. The Labute approximate surface area is 183 Å². The van der Waals surface area contributed by atoms with Gasteiger partial charge in [-0.15, -0.1) is 0 Å². The van der Waals surface area contributed by atoms with Crippen molar-refractivity contribution in [1.29, 1.82) is 0 Å². The maximum Gasteiger partial charge on any atom is 0.266 e. The van der Waals surface area contributed by atoms with Crippen LogP contribution in [0, 0.1) is 0 Å². The lowest BCUT2D eigenvalue weighted by atomic mass is 10.00. The van der Waals surface area contributed by atoms with Gasteiger partial charge < -0.3 is 10.5 Å². The van der Waals surface area contributed by atoms with Gasteiger partial charge in [-0.3, -0.25) is 14.3 Å². The standard InChI is InChI=1S/C25H32N4O2/c1-18(26)23-27-21-13-7-9-19(10-8-14-28-15-16-31-17-25(28,2)3)22(21)24(30)29(23)20-11-5-4-6-12-20/h4-7,9,11-13,18H,8,10,14-17,26H2,1-3H3/t18-/m0/s1. The van der Waals surface area contributed by atoms with Crippen LogP contribution in [0.5, 0.6) is 0 Å². The number of aryl methyl sites for hydroxylation is 1. The molecule has 0 aliphatic carbocycles. The number of nitrogens with two attached hydrogens (primary N) is 1. The number of hydrogen-bond acceptors (Lipinski definition) is 5. The topological polar surface area (TPSA) is 73.4 Å². The van der Waals surface area contributed by atoms with Gasteiger partial charge in [-0.1, -0.05) is 30.3 Å². The fourth-order valence-electron chi connectivity index (χ4n) is 4.42. The van der Waals surface area contributed by atoms with Gasteiger partial charge >= 0.3 is 0 Å². The van der Waals surface area contributed by atoms with Crippen molar-refractivity contribution in [3.63, 3.8) is 0 Å². The van der Waals surface area contributed by atoms with Crippen molar-refractivity contribution in [2.75, 3.05) is 26.3 Å². The Kier molecular flexibility index (Phi) is 6.23. The molecule has 1 fully saturated rings. The number of morpholine rings is 1. The molecule has 1 saturated heterocycles. The SMILES string of the molecule is C[C@H](N)c1nc2cccc(CCCN3CCOCC3(C)C)c2c(=O)n1-c1ccccc1. The van der Waals surface area contributed by atoms with E-state index < -0.39 is 0 Å². The molecule has 2 heterocycles. The first kappa shape index (κ1) is 21.7. The van der Waals surface area contributed by atoms with E-state index >= 15 is 0 Å². The Bertz CT molecular complexity index is 1110. The molecule has 0 bridgehead atoms. The summed E-state index contributed by atoms with van der Waals surface area (Å²) in [6.07, 6.45) is 1.80. The van der Waals surface area contributed by atoms with Gasteiger partial charge in [0.1, 0.15) is 5.82 Å². The van der Waals surface area contributed by atoms with E-state index in [0.29, 0.717) is 16.7 Å². The molecule has 2 aromatic carbocycles. The lowest BCUT2D eigenvalue weighted by Crippen LogP contribution is -2.53. The van der Waals surface area contributed by atoms with Crippen LogP contribution in [0.3, 0.4) is 0 Å². The number of fused-ring (bicyclic) bond motifs is 1. The van der Waals surface area contributed by atoms with Crippen molar-refractivity contribution in [2.24, 2.45) is 5.73 Å². The molecule has 0 unspecified atom stereocenters. The summed E-state index contributed by atoms with van der Waals surface area (Å²) in [5, 5.41) is 0.692. The Balaban J connectivity index is 1.70. The van der Waals surface area contributed by atoms with Crippen LogP contribution in [0.1, 0.15) is 44.6 Å². The molecule has 0 spiro atoms. The largest absolute Gasteiger partial charge is 0.378 e. The highest BCUT2D eigenvalue weighted by Gasteiger charge is 2.29. The number of para-hydroxylation sites is 1. The van der Waals surface area contributed by atoms with Crippen LogP contribution < -0.4 is 11.3 Å². The van der Waals surface area contributed by atoms with Gasteiger partial charge in [0.25, 0.3) is 5.56 Å². The molecular formula is C25H32N4O2. The zero-order chi connectivity index (χ0) is 22.0. The summed E-state index contributed by atoms with van der Waals surface area (Å²) in [6.45, 7) is 9.77. The summed E-state index contributed by atoms with van der Waals surface area (Å²) < 4.78 is 7.30. The van der Waals surface area contributed by atoms with E-state index in [2.05, 4.69) is 24.8 Å². The lowest BCUT2D eigenvalue weighted by molar-refractivity contribution is -0.0510. The summed E-state index contributed by atoms with van der Waals surface area (Å²) in [7, 11) is 0. The van der Waals surface area contributed by atoms with Crippen LogP contribution in [0.15, 0.2) is 53.3 Å². The van der Waals surface area contributed by atoms with E-state index in [9.17, 15) is 4.79 Å². The van der Waals surface area contributed by atoms with Crippen LogP contribution >= 0.6 is 0 Å². The number of nitrogens with zero attached hydrogens (tertiary/aromatic N) is 3. The van der Waals surface area contributed by atoms with Gasteiger partial charge in [-0.2, -0.15) is 0 Å². The number of aromatic nitrogens is 2. The van der Waals surface area contributed by atoms with Crippen molar-refractivity contribution in [1.82, 2.24) is 14.5 Å². The Morgan fingerprint density at radius 1 is 1.16 bits per heavy atom. The second-order valence-electron chi connectivity index (χ2n) is 9.00. The predicted octanol–water partition coefficient (Wildman–Crippen LogP) is 3.45. The minimum atomic E-state index is -0.357. The highest BCUT2D eigenvalue weighted by Crippen LogP contribution is 2.22. The molecule has 164 valence electrons. The number of hydrogen-bond donors (Lipinski definition) is 1. The normalized spacial score (nSPS) is 17.7. The summed E-state index contributed by atoms with van der Waals surface area (Å²) in [4.78, 5) is 21.0. The zero-order valence-electron chi connectivity index (χ0n) is 18.7. The summed E-state index contributed by atoms with van der Waals surface area (Å²) in [5.74, 6) is 0.580. The van der Waals surface area contributed by atoms with E-state index in [4.69, 9.17) is 15.5 Å². The van der Waals surface area contributed by atoms with Crippen molar-refractivity contribution in [2.45, 2.75) is 45.2 Å². The van der Waals surface area contributed by atoms with Crippen LogP contribution in [-0.2, 0) is 11.2 Å². The second kappa shape index (κ2) is 8.91. The number of ether oxygens (including phenoxy) is 1. The summed E-state index contributed by atoms with van der Waals surface area (Å²) in [5.41, 5.74) is 8.75. The molecule has 0 amide bonds. The van der Waals surface area contributed by atoms with E-state index in [1.807, 2.05) is 49.4 Å². The zero-order valence-corrected chi connectivity index (χ0v) is 18.7. The highest BCUT2D eigenvalue weighted by atomic mass is 16.5. The first-order chi connectivity index (χ1) is 14.9. The fourth-order valence-corrected chi connectivity index (χ4v) is 4.42. The van der Waals surface area contributed by atoms with Gasteiger partial charge in [-0.05, 0) is 63.9 Å². The maximum atomic E-state index is 13.7. The summed E-state index contributed by atoms with van der Waals surface area (Å²) in [6, 6.07) is 15.2. The van der Waals surface area contributed by atoms with Crippen molar-refractivity contribution in [3.8, 4) is 5.69 Å². The molecule has 1 aliphatic rings. The molecule has 0 saturated carbocycles. The molecule has 1 aromatic heterocycles. The smallest absolute Gasteiger partial charge is 0.266 e. The van der Waals surface area contributed by atoms with Gasteiger partial charge in [0.05, 0.1) is 35.8 Å². The van der Waals surface area contributed by atoms with Crippen LogP contribution in [0.2, 0.25) is 0 Å². The molecular weight excluding hydrogens is 388 g/mol. The van der Waals surface area contributed by atoms with E-state index in [1.54, 1.807) is 4.57 Å². The number of rotatable bonds is 6. The lowest BCUT2D eigenvalue weighted by Gasteiger charge is -2.42. The van der Waals surface area contributed by atoms with Crippen LogP contribution in [0.25, 0.3) is 16.6 Å². The van der Waals surface area contributed by atoms with Gasteiger partial charge in [0.15, 0.2) is 0 Å². The third-order valence-electron chi connectivity index (χ3n) is 6.12. The first-order valence-electron chi connectivity index (χ1n) is 11.1. The van der Waals surface area contributed by atoms with Gasteiger partial charge in [0, 0.05) is 12.1 Å². The average molecular weight is 421 g/mol. The van der Waals surface area contributed by atoms with Crippen LogP contribution in [0.4, 0.5) is 0 Å². The van der Waals surface area contributed by atoms with Crippen molar-refractivity contribution in [3.05, 3.63) is 70.3 Å². The average Bonchev–Trinajstić information content (AvgIpc) is 2.75. The second-order valence-corrected chi connectivity index (χ2v) is 9.00. The van der Waals surface area contributed by atoms with Gasteiger partial charge in [0.2, 0.25) is 0 Å². The third kappa shape index (κ3) is 4.42. The molecule has 3 aromatic rings. The predicted molar refractivity (Wildman–Crippen MR) is 125 cm³/mol. The van der Waals surface area contributed by atoms with E-state index in [0.717, 1.165) is 50.4 Å². The molecule has 1 atom stereocenters. The minimum absolute atomic E-state index is 0.0464. The molecule has 6 nitrogen and oxygen atoms in total. The maximum absolute atomic E-state index is 13.7. The fraction of sp³-hybridized carbons (Fsp3) is 0.440. The molecule has 6 heteroatoms. The third-order valence-corrected chi connectivity index (χ3v) is 6.12. The Hall–Kier alpha value is -2.54. The minimum Gasteiger partial charge on any atom is -0.378 e. The van der Waals surface area contributed by atoms with E-state index in [1.165, 1.54) is 0 Å². The van der Waals surface area contributed by atoms with Crippen molar-refractivity contribution >= 4 is 10.9 Å². The van der Waals surface area contributed by atoms with Crippen molar-refractivity contribution < 1.29 is 4.74 Å². The Morgan fingerprint density at radius 3 is 2.65 bits per heavy atom. The molecule has 31 heavy (non-hydrogen) atoms.